The second-order valence-corrected chi connectivity index (χ2v) is 7.56. The van der Waals surface area contributed by atoms with Gasteiger partial charge in [0.05, 0.1) is 18.5 Å². The molecule has 2 aromatic carbocycles. The number of anilines is 1. The van der Waals surface area contributed by atoms with Crippen molar-refractivity contribution in [3.05, 3.63) is 64.1 Å². The number of nitrogens with zero attached hydrogens (tertiary/aromatic N) is 1. The lowest BCUT2D eigenvalue weighted by Crippen LogP contribution is -2.29. The maximum Gasteiger partial charge on any atom is 0.232 e. The van der Waals surface area contributed by atoms with E-state index in [9.17, 15) is 8.42 Å². The second kappa shape index (κ2) is 5.97. The van der Waals surface area contributed by atoms with Gasteiger partial charge in [-0.15, -0.1) is 0 Å². The average molecular weight is 354 g/mol. The predicted octanol–water partition coefficient (Wildman–Crippen LogP) is 3.72. The zero-order valence-electron chi connectivity index (χ0n) is 11.4. The van der Waals surface area contributed by atoms with Gasteiger partial charge in [0.1, 0.15) is 0 Å². The van der Waals surface area contributed by atoms with Gasteiger partial charge in [0.15, 0.2) is 0 Å². The molecule has 0 bridgehead atoms. The number of hydrogen-bond donors (Lipinski definition) is 0. The summed E-state index contributed by atoms with van der Waals surface area (Å²) in [5.74, 6) is 0. The normalized spacial score (nSPS) is 11.3. The van der Waals surface area contributed by atoms with Gasteiger partial charge in [0.25, 0.3) is 0 Å². The molecule has 0 atom stereocenters. The lowest BCUT2D eigenvalue weighted by Gasteiger charge is -2.22. The number of sulfonamides is 1. The van der Waals surface area contributed by atoms with E-state index >= 15 is 0 Å². The molecule has 0 aliphatic rings. The number of aryl methyl sites for hydroxylation is 1. The third-order valence-electron chi connectivity index (χ3n) is 2.92. The van der Waals surface area contributed by atoms with Crippen LogP contribution in [0.2, 0.25) is 0 Å². The van der Waals surface area contributed by atoms with E-state index in [1.807, 2.05) is 43.3 Å². The van der Waals surface area contributed by atoms with Gasteiger partial charge in [-0.2, -0.15) is 0 Å². The monoisotopic (exact) mass is 353 g/mol. The zero-order chi connectivity index (χ0) is 14.8. The topological polar surface area (TPSA) is 37.4 Å². The molecule has 3 nitrogen and oxygen atoms in total. The summed E-state index contributed by atoms with van der Waals surface area (Å²) in [5, 5.41) is 0. The van der Waals surface area contributed by atoms with Crippen LogP contribution in [0.15, 0.2) is 53.0 Å². The standard InChI is InChI=1S/C15H16BrNO2S/c1-12-4-3-5-13(10-12)11-17(20(2,18)19)15-8-6-14(16)7-9-15/h3-10H,11H2,1-2H3. The van der Waals surface area contributed by atoms with Gasteiger partial charge in [-0.1, -0.05) is 45.8 Å². The molecule has 2 aromatic rings. The van der Waals surface area contributed by atoms with Crippen LogP contribution in [0.25, 0.3) is 0 Å². The van der Waals surface area contributed by atoms with Gasteiger partial charge >= 0.3 is 0 Å². The summed E-state index contributed by atoms with van der Waals surface area (Å²) in [6.45, 7) is 2.33. The van der Waals surface area contributed by atoms with E-state index in [-0.39, 0.29) is 0 Å². The zero-order valence-corrected chi connectivity index (χ0v) is 13.8. The van der Waals surface area contributed by atoms with Crippen molar-refractivity contribution < 1.29 is 8.42 Å². The fraction of sp³-hybridized carbons (Fsp3) is 0.200. The van der Waals surface area contributed by atoms with Gasteiger partial charge in [-0.25, -0.2) is 8.42 Å². The summed E-state index contributed by atoms with van der Waals surface area (Å²) in [6.07, 6.45) is 1.23. The van der Waals surface area contributed by atoms with Gasteiger partial charge in [-0.05, 0) is 36.8 Å². The largest absolute Gasteiger partial charge is 0.266 e. The maximum atomic E-state index is 12.0. The Morgan fingerprint density at radius 2 is 1.75 bits per heavy atom. The lowest BCUT2D eigenvalue weighted by atomic mass is 10.1. The van der Waals surface area contributed by atoms with Crippen LogP contribution in [0.1, 0.15) is 11.1 Å². The van der Waals surface area contributed by atoms with Crippen molar-refractivity contribution in [3.63, 3.8) is 0 Å². The van der Waals surface area contributed by atoms with E-state index in [0.29, 0.717) is 12.2 Å². The Hall–Kier alpha value is -1.33. The number of benzene rings is 2. The Morgan fingerprint density at radius 3 is 2.30 bits per heavy atom. The Balaban J connectivity index is 2.37. The molecule has 106 valence electrons. The molecule has 0 saturated carbocycles. The van der Waals surface area contributed by atoms with E-state index in [2.05, 4.69) is 15.9 Å². The minimum absolute atomic E-state index is 0.335. The first-order chi connectivity index (χ1) is 9.36. The predicted molar refractivity (Wildman–Crippen MR) is 86.3 cm³/mol. The fourth-order valence-electron chi connectivity index (χ4n) is 1.98. The van der Waals surface area contributed by atoms with Crippen molar-refractivity contribution in [2.75, 3.05) is 10.6 Å². The number of rotatable bonds is 4. The summed E-state index contributed by atoms with van der Waals surface area (Å²) < 4.78 is 26.4. The quantitative estimate of drug-likeness (QED) is 0.839. The molecule has 2 rings (SSSR count). The highest BCUT2D eigenvalue weighted by atomic mass is 79.9. The Labute approximate surface area is 128 Å². The van der Waals surface area contributed by atoms with Crippen LogP contribution >= 0.6 is 15.9 Å². The Bertz CT molecular complexity index is 696. The van der Waals surface area contributed by atoms with Gasteiger partial charge < -0.3 is 0 Å². The van der Waals surface area contributed by atoms with Crippen molar-refractivity contribution in [2.45, 2.75) is 13.5 Å². The first-order valence-corrected chi connectivity index (χ1v) is 8.79. The van der Waals surface area contributed by atoms with E-state index in [4.69, 9.17) is 0 Å². The third-order valence-corrected chi connectivity index (χ3v) is 4.59. The van der Waals surface area contributed by atoms with Crippen molar-refractivity contribution in [2.24, 2.45) is 0 Å². The smallest absolute Gasteiger partial charge is 0.232 e. The molecule has 0 saturated heterocycles. The van der Waals surface area contributed by atoms with Crippen LogP contribution in [0, 0.1) is 6.92 Å². The van der Waals surface area contributed by atoms with E-state index in [1.54, 1.807) is 12.1 Å². The second-order valence-electron chi connectivity index (χ2n) is 4.74. The molecule has 0 N–H and O–H groups in total. The minimum Gasteiger partial charge on any atom is -0.266 e. The third kappa shape index (κ3) is 3.84. The SMILES string of the molecule is Cc1cccc(CN(c2ccc(Br)cc2)S(C)(=O)=O)c1. The molecular weight excluding hydrogens is 338 g/mol. The molecule has 0 amide bonds. The van der Waals surface area contributed by atoms with Gasteiger partial charge in [0.2, 0.25) is 10.0 Å². The van der Waals surface area contributed by atoms with Crippen molar-refractivity contribution in [3.8, 4) is 0 Å². The highest BCUT2D eigenvalue weighted by Crippen LogP contribution is 2.23. The molecule has 0 aromatic heterocycles. The molecule has 0 fully saturated rings. The van der Waals surface area contributed by atoms with Crippen LogP contribution in [-0.2, 0) is 16.6 Å². The number of halogens is 1. The molecule has 0 aliphatic carbocycles. The summed E-state index contributed by atoms with van der Waals surface area (Å²) in [6, 6.07) is 15.1. The Kier molecular flexibility index (Phi) is 4.50. The lowest BCUT2D eigenvalue weighted by molar-refractivity contribution is 0.596. The maximum absolute atomic E-state index is 12.0. The van der Waals surface area contributed by atoms with Crippen LogP contribution in [-0.4, -0.2) is 14.7 Å². The number of hydrogen-bond acceptors (Lipinski definition) is 2. The van der Waals surface area contributed by atoms with Crippen LogP contribution in [0.3, 0.4) is 0 Å². The minimum atomic E-state index is -3.32. The van der Waals surface area contributed by atoms with E-state index in [0.717, 1.165) is 15.6 Å². The Morgan fingerprint density at radius 1 is 1.10 bits per heavy atom. The highest BCUT2D eigenvalue weighted by molar-refractivity contribution is 9.10. The molecule has 0 heterocycles. The molecule has 5 heteroatoms. The average Bonchev–Trinajstić information content (AvgIpc) is 2.36. The van der Waals surface area contributed by atoms with Crippen LogP contribution in [0.5, 0.6) is 0 Å². The molecule has 0 aliphatic heterocycles. The summed E-state index contributed by atoms with van der Waals surface area (Å²) in [7, 11) is -3.32. The summed E-state index contributed by atoms with van der Waals surface area (Å²) in [4.78, 5) is 0. The fourth-order valence-corrected chi connectivity index (χ4v) is 3.14. The van der Waals surface area contributed by atoms with Gasteiger partial charge in [0, 0.05) is 4.47 Å². The van der Waals surface area contributed by atoms with Gasteiger partial charge in [-0.3, -0.25) is 4.31 Å². The van der Waals surface area contributed by atoms with E-state index in [1.165, 1.54) is 10.6 Å². The van der Waals surface area contributed by atoms with E-state index < -0.39 is 10.0 Å². The van der Waals surface area contributed by atoms with Crippen LogP contribution < -0.4 is 4.31 Å². The highest BCUT2D eigenvalue weighted by Gasteiger charge is 2.17. The molecule has 0 unspecified atom stereocenters. The van der Waals surface area contributed by atoms with Crippen molar-refractivity contribution in [1.82, 2.24) is 0 Å². The van der Waals surface area contributed by atoms with Crippen LogP contribution in [0.4, 0.5) is 5.69 Å². The molecule has 0 radical (unpaired) electrons. The molecular formula is C15H16BrNO2S. The van der Waals surface area contributed by atoms with Crippen molar-refractivity contribution in [1.29, 1.82) is 0 Å². The molecule has 0 spiro atoms. The van der Waals surface area contributed by atoms with Crippen molar-refractivity contribution >= 4 is 31.6 Å². The summed E-state index contributed by atoms with van der Waals surface area (Å²) >= 11 is 3.35. The molecule has 20 heavy (non-hydrogen) atoms. The summed E-state index contributed by atoms with van der Waals surface area (Å²) in [5.41, 5.74) is 2.75. The first-order valence-electron chi connectivity index (χ1n) is 6.15. The first kappa shape index (κ1) is 15.1.